The molecule has 3 rings (SSSR count). The second-order valence-electron chi connectivity index (χ2n) is 7.72. The molecular weight excluding hydrogens is 439 g/mol. The van der Waals surface area contributed by atoms with Crippen LogP contribution in [0.3, 0.4) is 0 Å². The van der Waals surface area contributed by atoms with E-state index < -0.39 is 0 Å². The van der Waals surface area contributed by atoms with Crippen LogP contribution in [-0.4, -0.2) is 71.9 Å². The fraction of sp³-hybridized carbons (Fsp3) is 0.789. The van der Waals surface area contributed by atoms with Gasteiger partial charge in [0.15, 0.2) is 5.96 Å². The number of likely N-dealkylation sites (N-methyl/N-ethyl adjacent to an activating group) is 1. The van der Waals surface area contributed by atoms with Gasteiger partial charge in [0, 0.05) is 52.5 Å². The van der Waals surface area contributed by atoms with Gasteiger partial charge in [-0.3, -0.25) is 9.67 Å². The Labute approximate surface area is 175 Å². The summed E-state index contributed by atoms with van der Waals surface area (Å²) in [6.45, 7) is 4.26. The lowest BCUT2D eigenvalue weighted by Gasteiger charge is -2.26. The van der Waals surface area contributed by atoms with Crippen LogP contribution in [0, 0.1) is 5.92 Å². The molecule has 1 aromatic heterocycles. The summed E-state index contributed by atoms with van der Waals surface area (Å²) in [6.07, 6.45) is 12.0. The summed E-state index contributed by atoms with van der Waals surface area (Å²) in [4.78, 5) is 9.44. The third-order valence-corrected chi connectivity index (χ3v) is 5.78. The number of aromatic nitrogens is 2. The largest absolute Gasteiger partial charge is 0.355 e. The number of nitrogens with zero attached hydrogens (tertiary/aromatic N) is 5. The van der Waals surface area contributed by atoms with Gasteiger partial charge in [-0.15, -0.1) is 24.0 Å². The van der Waals surface area contributed by atoms with E-state index in [1.807, 2.05) is 25.0 Å². The maximum absolute atomic E-state index is 4.51. The zero-order chi connectivity index (χ0) is 17.6. The van der Waals surface area contributed by atoms with Gasteiger partial charge in [0.1, 0.15) is 0 Å². The van der Waals surface area contributed by atoms with Gasteiger partial charge in [-0.2, -0.15) is 5.10 Å². The number of rotatable bonds is 6. The molecule has 148 valence electrons. The van der Waals surface area contributed by atoms with Crippen molar-refractivity contribution in [2.75, 3.05) is 40.3 Å². The number of aliphatic imine (C=N–C) groups is 1. The molecule has 6 nitrogen and oxygen atoms in total. The van der Waals surface area contributed by atoms with Crippen LogP contribution in [0.1, 0.15) is 37.7 Å². The Bertz CT molecular complexity index is 566. The number of halogens is 1. The zero-order valence-electron chi connectivity index (χ0n) is 16.5. The second-order valence-corrected chi connectivity index (χ2v) is 7.72. The molecule has 2 heterocycles. The summed E-state index contributed by atoms with van der Waals surface area (Å²) in [5.41, 5.74) is 1.34. The van der Waals surface area contributed by atoms with Gasteiger partial charge in [-0.25, -0.2) is 0 Å². The van der Waals surface area contributed by atoms with Crippen molar-refractivity contribution < 1.29 is 0 Å². The number of aryl methyl sites for hydroxylation is 1. The predicted molar refractivity (Wildman–Crippen MR) is 118 cm³/mol. The summed E-state index contributed by atoms with van der Waals surface area (Å²) in [5, 5.41) is 7.85. The van der Waals surface area contributed by atoms with E-state index in [9.17, 15) is 0 Å². The van der Waals surface area contributed by atoms with Crippen molar-refractivity contribution >= 4 is 29.9 Å². The van der Waals surface area contributed by atoms with Crippen molar-refractivity contribution in [2.24, 2.45) is 18.0 Å². The van der Waals surface area contributed by atoms with Gasteiger partial charge < -0.3 is 15.1 Å². The molecule has 26 heavy (non-hydrogen) atoms. The fourth-order valence-corrected chi connectivity index (χ4v) is 4.31. The van der Waals surface area contributed by atoms with Gasteiger partial charge in [-0.1, -0.05) is 12.8 Å². The molecule has 7 heteroatoms. The van der Waals surface area contributed by atoms with E-state index in [-0.39, 0.29) is 24.0 Å². The molecule has 0 amide bonds. The monoisotopic (exact) mass is 474 g/mol. The summed E-state index contributed by atoms with van der Waals surface area (Å²) in [5.74, 6) is 1.76. The molecule has 2 fully saturated rings. The maximum Gasteiger partial charge on any atom is 0.193 e. The minimum Gasteiger partial charge on any atom is -0.355 e. The number of guanidine groups is 1. The molecule has 2 aliphatic rings. The number of likely N-dealkylation sites (tertiary alicyclic amines) is 1. The SMILES string of the molecule is CN=C(NCCN(C)C1CCCC1)N1CCC(Cc2cnn(C)c2)C1.I. The van der Waals surface area contributed by atoms with Crippen LogP contribution < -0.4 is 5.32 Å². The van der Waals surface area contributed by atoms with E-state index in [0.29, 0.717) is 5.92 Å². The first kappa shape index (κ1) is 21.5. The van der Waals surface area contributed by atoms with E-state index in [1.165, 1.54) is 37.7 Å². The van der Waals surface area contributed by atoms with Gasteiger partial charge in [-0.05, 0) is 44.2 Å². The summed E-state index contributed by atoms with van der Waals surface area (Å²) in [6, 6.07) is 0.791. The van der Waals surface area contributed by atoms with E-state index in [4.69, 9.17) is 0 Å². The van der Waals surface area contributed by atoms with Crippen LogP contribution in [0.5, 0.6) is 0 Å². The lowest BCUT2D eigenvalue weighted by atomic mass is 10.0. The van der Waals surface area contributed by atoms with Gasteiger partial charge in [0.2, 0.25) is 0 Å². The molecule has 1 aliphatic heterocycles. The molecule has 1 N–H and O–H groups in total. The topological polar surface area (TPSA) is 48.7 Å². The molecule has 1 aromatic rings. The highest BCUT2D eigenvalue weighted by atomic mass is 127. The third-order valence-electron chi connectivity index (χ3n) is 5.78. The second kappa shape index (κ2) is 10.5. The molecule has 1 aliphatic carbocycles. The van der Waals surface area contributed by atoms with Crippen LogP contribution in [-0.2, 0) is 13.5 Å². The minimum absolute atomic E-state index is 0. The van der Waals surface area contributed by atoms with E-state index in [0.717, 1.165) is 44.6 Å². The Hall–Kier alpha value is -0.830. The van der Waals surface area contributed by atoms with Crippen LogP contribution in [0.15, 0.2) is 17.4 Å². The van der Waals surface area contributed by atoms with Crippen LogP contribution in [0.2, 0.25) is 0 Å². The highest BCUT2D eigenvalue weighted by Gasteiger charge is 2.25. The van der Waals surface area contributed by atoms with E-state index in [2.05, 4.69) is 38.5 Å². The Morgan fingerprint density at radius 2 is 2.12 bits per heavy atom. The summed E-state index contributed by atoms with van der Waals surface area (Å²) >= 11 is 0. The average molecular weight is 474 g/mol. The Kier molecular flexibility index (Phi) is 8.66. The Morgan fingerprint density at radius 1 is 1.35 bits per heavy atom. The van der Waals surface area contributed by atoms with Crippen molar-refractivity contribution in [1.82, 2.24) is 24.9 Å². The van der Waals surface area contributed by atoms with E-state index >= 15 is 0 Å². The quantitative estimate of drug-likeness (QED) is 0.391. The fourth-order valence-electron chi connectivity index (χ4n) is 4.31. The first-order valence-corrected chi connectivity index (χ1v) is 9.79. The van der Waals surface area contributed by atoms with Crippen LogP contribution in [0.4, 0.5) is 0 Å². The van der Waals surface area contributed by atoms with Crippen molar-refractivity contribution in [3.63, 3.8) is 0 Å². The molecule has 0 aromatic carbocycles. The van der Waals surface area contributed by atoms with Crippen molar-refractivity contribution in [3.8, 4) is 0 Å². The highest BCUT2D eigenvalue weighted by Crippen LogP contribution is 2.22. The molecule has 1 atom stereocenters. The lowest BCUT2D eigenvalue weighted by Crippen LogP contribution is -2.44. The maximum atomic E-state index is 4.51. The highest BCUT2D eigenvalue weighted by molar-refractivity contribution is 14.0. The van der Waals surface area contributed by atoms with Crippen molar-refractivity contribution in [1.29, 1.82) is 0 Å². The van der Waals surface area contributed by atoms with Crippen molar-refractivity contribution in [2.45, 2.75) is 44.6 Å². The number of hydrogen-bond acceptors (Lipinski definition) is 3. The molecule has 1 saturated heterocycles. The summed E-state index contributed by atoms with van der Waals surface area (Å²) in [7, 11) is 6.15. The molecule has 0 radical (unpaired) electrons. The van der Waals surface area contributed by atoms with Gasteiger partial charge >= 0.3 is 0 Å². The Morgan fingerprint density at radius 3 is 2.77 bits per heavy atom. The molecule has 0 bridgehead atoms. The molecule has 0 spiro atoms. The van der Waals surface area contributed by atoms with E-state index in [1.54, 1.807) is 0 Å². The third kappa shape index (κ3) is 5.84. The zero-order valence-corrected chi connectivity index (χ0v) is 18.9. The first-order valence-electron chi connectivity index (χ1n) is 9.79. The number of nitrogens with one attached hydrogen (secondary N) is 1. The Balaban J connectivity index is 0.00000243. The van der Waals surface area contributed by atoms with Crippen molar-refractivity contribution in [3.05, 3.63) is 18.0 Å². The molecule has 1 saturated carbocycles. The van der Waals surface area contributed by atoms with Gasteiger partial charge in [0.25, 0.3) is 0 Å². The van der Waals surface area contributed by atoms with Gasteiger partial charge in [0.05, 0.1) is 6.20 Å². The summed E-state index contributed by atoms with van der Waals surface area (Å²) < 4.78 is 1.89. The average Bonchev–Trinajstić information content (AvgIpc) is 3.34. The number of hydrogen-bond donors (Lipinski definition) is 1. The first-order chi connectivity index (χ1) is 12.2. The molecular formula is C19H35IN6. The minimum atomic E-state index is 0. The lowest BCUT2D eigenvalue weighted by molar-refractivity contribution is 0.248. The standard InChI is InChI=1S/C19H34N6.HI/c1-20-19(21-9-11-23(2)18-6-4-5-7-18)25-10-8-16(15-25)12-17-13-22-24(3)14-17;/h13-14,16,18H,4-12,15H2,1-3H3,(H,20,21);1H. The van der Waals surface area contributed by atoms with Crippen LogP contribution in [0.25, 0.3) is 0 Å². The predicted octanol–water partition coefficient (Wildman–Crippen LogP) is 2.35. The normalized spacial score (nSPS) is 21.5. The smallest absolute Gasteiger partial charge is 0.193 e. The molecule has 1 unspecified atom stereocenters. The van der Waals surface area contributed by atoms with Crippen LogP contribution >= 0.6 is 24.0 Å².